The van der Waals surface area contributed by atoms with Crippen LogP contribution < -0.4 is 0 Å². The Kier molecular flexibility index (Phi) is 1.86. The third-order valence-electron chi connectivity index (χ3n) is 1.76. The average Bonchev–Trinajstić information content (AvgIpc) is 2.61. The van der Waals surface area contributed by atoms with Gasteiger partial charge in [0.05, 0.1) is 5.92 Å². The maximum absolute atomic E-state index is 10.0. The van der Waals surface area contributed by atoms with E-state index in [1.807, 2.05) is 0 Å². The fraction of sp³-hybridized carbons (Fsp3) is 0.833. The lowest BCUT2D eigenvalue weighted by atomic mass is 10.2. The van der Waals surface area contributed by atoms with E-state index in [2.05, 4.69) is 4.98 Å². The van der Waals surface area contributed by atoms with Crippen molar-refractivity contribution >= 4 is 5.97 Å². The summed E-state index contributed by atoms with van der Waals surface area (Å²) >= 11 is 0. The Morgan fingerprint density at radius 2 is 2.50 bits per heavy atom. The first kappa shape index (κ1) is 7.00. The minimum absolute atomic E-state index is 0.0272. The molecule has 0 aromatic rings. The fourth-order valence-corrected chi connectivity index (χ4v) is 0.992. The van der Waals surface area contributed by atoms with Gasteiger partial charge in [-0.2, -0.15) is 0 Å². The first-order valence-electron chi connectivity index (χ1n) is 3.30. The molecule has 1 rings (SSSR count). The van der Waals surface area contributed by atoms with Gasteiger partial charge in [0, 0.05) is 12.8 Å². The van der Waals surface area contributed by atoms with Gasteiger partial charge in [0.1, 0.15) is 4.98 Å². The van der Waals surface area contributed by atoms with E-state index in [1.54, 1.807) is 0 Å². The topological polar surface area (TPSA) is 65.5 Å². The molecule has 1 fully saturated rings. The van der Waals surface area contributed by atoms with Crippen molar-refractivity contribution in [1.29, 1.82) is 5.39 Å². The minimum Gasteiger partial charge on any atom is -0.481 e. The first-order valence-corrected chi connectivity index (χ1v) is 3.30. The second kappa shape index (κ2) is 2.65. The quantitative estimate of drug-likeness (QED) is 0.598. The zero-order valence-electron chi connectivity index (χ0n) is 5.53. The second-order valence-electron chi connectivity index (χ2n) is 2.61. The van der Waals surface area contributed by atoms with Crippen LogP contribution in [0.5, 0.6) is 0 Å². The van der Waals surface area contributed by atoms with Crippen LogP contribution in [0.25, 0.3) is 4.98 Å². The predicted molar refractivity (Wildman–Crippen MR) is 33.8 cm³/mol. The summed E-state index contributed by atoms with van der Waals surface area (Å²) in [6, 6.07) is 0.0272. The van der Waals surface area contributed by atoms with Gasteiger partial charge in [-0.1, -0.05) is 0 Å². The Morgan fingerprint density at radius 3 is 2.90 bits per heavy atom. The van der Waals surface area contributed by atoms with Crippen molar-refractivity contribution in [2.24, 2.45) is 5.92 Å². The Labute approximate surface area is 58.5 Å². The van der Waals surface area contributed by atoms with Gasteiger partial charge >= 0.3 is 12.0 Å². The van der Waals surface area contributed by atoms with Crippen molar-refractivity contribution in [1.82, 2.24) is 0 Å². The van der Waals surface area contributed by atoms with E-state index < -0.39 is 5.97 Å². The molecule has 1 N–H and O–H groups in total. The minimum atomic E-state index is -0.774. The monoisotopic (exact) mass is 141 g/mol. The lowest BCUT2D eigenvalue weighted by Gasteiger charge is -1.86. The summed E-state index contributed by atoms with van der Waals surface area (Å²) in [5.74, 6) is -0.454. The molecule has 54 valence electrons. The van der Waals surface area contributed by atoms with Gasteiger partial charge in [-0.05, 0) is 6.42 Å². The molecule has 0 aromatic carbocycles. The smallest absolute Gasteiger partial charge is 0.317 e. The van der Waals surface area contributed by atoms with Crippen molar-refractivity contribution in [2.45, 2.75) is 25.3 Å². The number of carboxylic acids is 1. The van der Waals surface area contributed by atoms with E-state index in [9.17, 15) is 4.79 Å². The number of nitrogens with zero attached hydrogens (tertiary/aromatic N) is 2. The average molecular weight is 141 g/mol. The first-order chi connectivity index (χ1) is 4.74. The van der Waals surface area contributed by atoms with Crippen molar-refractivity contribution < 1.29 is 9.90 Å². The third kappa shape index (κ3) is 1.69. The van der Waals surface area contributed by atoms with Crippen LogP contribution >= 0.6 is 0 Å². The van der Waals surface area contributed by atoms with Crippen LogP contribution in [0.15, 0.2) is 0 Å². The highest BCUT2D eigenvalue weighted by Gasteiger charge is 2.49. The molecule has 0 amide bonds. The lowest BCUT2D eigenvalue weighted by molar-refractivity contribution is -0.137. The highest BCUT2D eigenvalue weighted by atomic mass is 16.4. The second-order valence-corrected chi connectivity index (χ2v) is 2.61. The number of hydrogen-bond acceptors (Lipinski definition) is 2. The van der Waals surface area contributed by atoms with E-state index in [1.165, 1.54) is 0 Å². The molecule has 1 aliphatic carbocycles. The van der Waals surface area contributed by atoms with Crippen LogP contribution in [0.2, 0.25) is 0 Å². The standard InChI is InChI=1S/C6H8N2O2/c7-8-5-3-4(5)1-2-6(9)10/h4-5H,1-3H2/p+1. The van der Waals surface area contributed by atoms with Crippen molar-refractivity contribution in [3.05, 3.63) is 4.98 Å². The normalized spacial score (nSPS) is 29.1. The summed E-state index contributed by atoms with van der Waals surface area (Å²) in [4.78, 5) is 13.1. The number of rotatable bonds is 3. The van der Waals surface area contributed by atoms with Gasteiger partial charge in [-0.15, -0.1) is 0 Å². The van der Waals surface area contributed by atoms with Gasteiger partial charge in [-0.25, -0.2) is 0 Å². The SMILES string of the molecule is N#[N+]C1CC1CCC(=O)O. The van der Waals surface area contributed by atoms with Gasteiger partial charge in [0.15, 0.2) is 0 Å². The highest BCUT2D eigenvalue weighted by Crippen LogP contribution is 2.37. The Hall–Kier alpha value is -1.11. The van der Waals surface area contributed by atoms with Crippen molar-refractivity contribution in [3.63, 3.8) is 0 Å². The molecule has 10 heavy (non-hydrogen) atoms. The molecule has 4 heteroatoms. The molecular weight excluding hydrogens is 132 g/mol. The summed E-state index contributed by atoms with van der Waals surface area (Å²) in [7, 11) is 0. The van der Waals surface area contributed by atoms with E-state index in [0.29, 0.717) is 12.3 Å². The summed E-state index contributed by atoms with van der Waals surface area (Å²) in [5.41, 5.74) is 0. The summed E-state index contributed by atoms with van der Waals surface area (Å²) in [5, 5.41) is 16.5. The molecular formula is C6H9N2O2+. The molecule has 0 spiro atoms. The van der Waals surface area contributed by atoms with Gasteiger partial charge < -0.3 is 5.11 Å². The molecule has 1 aliphatic rings. The molecule has 0 saturated heterocycles. The zero-order valence-corrected chi connectivity index (χ0v) is 5.53. The summed E-state index contributed by atoms with van der Waals surface area (Å²) in [6.45, 7) is 0. The maximum Gasteiger partial charge on any atom is 0.317 e. The predicted octanol–water partition coefficient (Wildman–Crippen LogP) is 1.09. The van der Waals surface area contributed by atoms with Crippen LogP contribution in [0, 0.1) is 11.3 Å². The third-order valence-corrected chi connectivity index (χ3v) is 1.76. The number of diazo groups is 1. The molecule has 0 radical (unpaired) electrons. The molecule has 2 unspecified atom stereocenters. The lowest BCUT2D eigenvalue weighted by Crippen LogP contribution is -1.95. The molecule has 0 heterocycles. The number of carbonyl (C=O) groups is 1. The molecule has 4 nitrogen and oxygen atoms in total. The van der Waals surface area contributed by atoms with E-state index in [-0.39, 0.29) is 12.5 Å². The van der Waals surface area contributed by atoms with E-state index in [0.717, 1.165) is 6.42 Å². The van der Waals surface area contributed by atoms with Crippen LogP contribution in [0.3, 0.4) is 0 Å². The molecule has 2 atom stereocenters. The molecule has 0 aliphatic heterocycles. The zero-order chi connectivity index (χ0) is 7.56. The number of hydrogen-bond donors (Lipinski definition) is 1. The van der Waals surface area contributed by atoms with Gasteiger partial charge in [-0.3, -0.25) is 4.79 Å². The largest absolute Gasteiger partial charge is 0.481 e. The maximum atomic E-state index is 10.0. The summed E-state index contributed by atoms with van der Waals surface area (Å²) < 4.78 is 0. The molecule has 0 bridgehead atoms. The van der Waals surface area contributed by atoms with Crippen LogP contribution in [-0.2, 0) is 4.79 Å². The highest BCUT2D eigenvalue weighted by molar-refractivity contribution is 5.66. The van der Waals surface area contributed by atoms with E-state index >= 15 is 0 Å². The Morgan fingerprint density at radius 1 is 1.80 bits per heavy atom. The molecule has 0 aromatic heterocycles. The van der Waals surface area contributed by atoms with Gasteiger partial charge in [0.25, 0.3) is 0 Å². The fourth-order valence-electron chi connectivity index (χ4n) is 0.992. The number of aliphatic carboxylic acids is 1. The van der Waals surface area contributed by atoms with Crippen molar-refractivity contribution in [2.75, 3.05) is 0 Å². The summed E-state index contributed by atoms with van der Waals surface area (Å²) in [6.07, 6.45) is 1.69. The van der Waals surface area contributed by atoms with Crippen LogP contribution in [0.1, 0.15) is 19.3 Å². The van der Waals surface area contributed by atoms with Crippen LogP contribution in [-0.4, -0.2) is 17.1 Å². The molecule has 1 saturated carbocycles. The number of carboxylic acid groups (broad SMARTS) is 1. The Balaban J connectivity index is 2.08. The van der Waals surface area contributed by atoms with E-state index in [4.69, 9.17) is 10.5 Å². The van der Waals surface area contributed by atoms with Crippen molar-refractivity contribution in [3.8, 4) is 0 Å². The Bertz CT molecular complexity index is 185. The van der Waals surface area contributed by atoms with Crippen LogP contribution in [0.4, 0.5) is 0 Å². The van der Waals surface area contributed by atoms with Gasteiger partial charge in [0.2, 0.25) is 5.39 Å².